The van der Waals surface area contributed by atoms with E-state index in [0.717, 1.165) is 31.1 Å². The second-order valence-electron chi connectivity index (χ2n) is 8.05. The number of aromatic nitrogens is 1. The largest absolute Gasteiger partial charge is 0.507 e. The number of anilines is 2. The Hall–Kier alpha value is -3.08. The molecule has 2 aromatic carbocycles. The Morgan fingerprint density at radius 3 is 2.56 bits per heavy atom. The molecule has 1 aliphatic rings. The zero-order valence-electron chi connectivity index (χ0n) is 18.9. The Morgan fingerprint density at radius 2 is 1.85 bits per heavy atom. The molecule has 1 aliphatic heterocycles. The van der Waals surface area contributed by atoms with Gasteiger partial charge >= 0.3 is 0 Å². The number of rotatable bonds is 6. The van der Waals surface area contributed by atoms with E-state index in [9.17, 15) is 19.8 Å². The number of hydrogen-bond donors (Lipinski definition) is 3. The molecule has 1 aromatic heterocycles. The van der Waals surface area contributed by atoms with Crippen LogP contribution < -0.4 is 5.32 Å². The van der Waals surface area contributed by atoms with Crippen molar-refractivity contribution in [1.29, 1.82) is 0 Å². The minimum atomic E-state index is -0.242. The number of aliphatic hydroxyl groups is 1. The number of carbonyl (C=O) groups excluding carboxylic acids is 2. The Labute approximate surface area is 206 Å². The van der Waals surface area contributed by atoms with Crippen LogP contribution in [0.3, 0.4) is 0 Å². The van der Waals surface area contributed by atoms with Gasteiger partial charge in [-0.1, -0.05) is 29.2 Å². The number of phenols is 1. The summed E-state index contributed by atoms with van der Waals surface area (Å²) in [6.45, 7) is 5.34. The van der Waals surface area contributed by atoms with Crippen molar-refractivity contribution >= 4 is 45.7 Å². The summed E-state index contributed by atoms with van der Waals surface area (Å²) in [5.41, 5.74) is 2.99. The number of nitrogens with zero attached hydrogens (tertiary/aromatic N) is 3. The number of amides is 2. The molecular weight excluding hydrogens is 472 g/mol. The highest BCUT2D eigenvalue weighted by molar-refractivity contribution is 8.01. The molecule has 8 nitrogen and oxygen atoms in total. The first kappa shape index (κ1) is 24.1. The normalized spacial score (nSPS) is 13.7. The number of piperazine rings is 1. The molecule has 1 saturated heterocycles. The van der Waals surface area contributed by atoms with E-state index in [1.165, 1.54) is 36.1 Å². The average Bonchev–Trinajstić information content (AvgIpc) is 3.26. The molecule has 2 amide bonds. The maximum Gasteiger partial charge on any atom is 0.257 e. The van der Waals surface area contributed by atoms with Gasteiger partial charge in [-0.3, -0.25) is 9.59 Å². The lowest BCUT2D eigenvalue weighted by Crippen LogP contribution is -2.50. The second-order valence-corrected chi connectivity index (χ2v) is 10.5. The average molecular weight is 499 g/mol. The van der Waals surface area contributed by atoms with Crippen molar-refractivity contribution in [2.24, 2.45) is 0 Å². The zero-order chi connectivity index (χ0) is 24.2. The molecule has 0 radical (unpaired) electrons. The quantitative estimate of drug-likeness (QED) is 0.474. The van der Waals surface area contributed by atoms with Gasteiger partial charge in [0.15, 0.2) is 5.13 Å². The predicted octanol–water partition coefficient (Wildman–Crippen LogP) is 3.85. The number of hydrogen-bond acceptors (Lipinski definition) is 8. The van der Waals surface area contributed by atoms with Gasteiger partial charge in [-0.25, -0.2) is 4.98 Å². The van der Waals surface area contributed by atoms with E-state index < -0.39 is 0 Å². The number of phenolic OH excluding ortho intramolecular Hbond substituents is 1. The lowest BCUT2D eigenvalue weighted by molar-refractivity contribution is -0.130. The summed E-state index contributed by atoms with van der Waals surface area (Å²) in [6.07, 6.45) is 1.76. The summed E-state index contributed by atoms with van der Waals surface area (Å²) in [5.74, 6) is -0.300. The van der Waals surface area contributed by atoms with Gasteiger partial charge in [0.25, 0.3) is 5.91 Å². The van der Waals surface area contributed by atoms with Crippen LogP contribution in [-0.4, -0.2) is 63.0 Å². The van der Waals surface area contributed by atoms with Crippen LogP contribution in [-0.2, 0) is 11.4 Å². The number of aliphatic hydroxyl groups excluding tert-OH is 1. The summed E-state index contributed by atoms with van der Waals surface area (Å²) < 4.78 is 0.927. The molecule has 0 bridgehead atoms. The fraction of sp³-hybridized carbons (Fsp3) is 0.292. The van der Waals surface area contributed by atoms with Crippen molar-refractivity contribution in [3.8, 4) is 5.75 Å². The van der Waals surface area contributed by atoms with Crippen molar-refractivity contribution in [1.82, 2.24) is 14.8 Å². The van der Waals surface area contributed by atoms with Gasteiger partial charge in [-0.2, -0.15) is 0 Å². The van der Waals surface area contributed by atoms with Crippen LogP contribution in [0.2, 0.25) is 0 Å². The molecule has 0 atom stereocenters. The fourth-order valence-electron chi connectivity index (χ4n) is 3.77. The van der Waals surface area contributed by atoms with Crippen molar-refractivity contribution in [3.63, 3.8) is 0 Å². The molecule has 1 fully saturated rings. The van der Waals surface area contributed by atoms with E-state index in [1.54, 1.807) is 28.1 Å². The van der Waals surface area contributed by atoms with Crippen molar-refractivity contribution in [2.75, 3.05) is 31.5 Å². The minimum absolute atomic E-state index is 0.00277. The third kappa shape index (κ3) is 5.69. The van der Waals surface area contributed by atoms with E-state index >= 15 is 0 Å². The maximum absolute atomic E-state index is 13.0. The molecule has 4 rings (SSSR count). The van der Waals surface area contributed by atoms with Crippen LogP contribution in [0.1, 0.15) is 28.4 Å². The number of benzene rings is 2. The van der Waals surface area contributed by atoms with Crippen molar-refractivity contribution < 1.29 is 19.8 Å². The van der Waals surface area contributed by atoms with Gasteiger partial charge < -0.3 is 25.3 Å². The molecule has 10 heteroatoms. The predicted molar refractivity (Wildman–Crippen MR) is 133 cm³/mol. The monoisotopic (exact) mass is 498 g/mol. The van der Waals surface area contributed by atoms with Gasteiger partial charge in [-0.15, -0.1) is 0 Å². The molecular formula is C24H26N4O4S2. The lowest BCUT2D eigenvalue weighted by Gasteiger charge is -2.34. The molecule has 2 heterocycles. The van der Waals surface area contributed by atoms with Gasteiger partial charge in [0, 0.05) is 43.7 Å². The number of aromatic hydroxyl groups is 1. The third-order valence-electron chi connectivity index (χ3n) is 5.48. The Kier molecular flexibility index (Phi) is 7.40. The molecule has 0 unspecified atom stereocenters. The first-order valence-electron chi connectivity index (χ1n) is 10.8. The highest BCUT2D eigenvalue weighted by atomic mass is 32.2. The fourth-order valence-corrected chi connectivity index (χ4v) is 5.69. The van der Waals surface area contributed by atoms with Crippen LogP contribution in [0.25, 0.3) is 0 Å². The van der Waals surface area contributed by atoms with Crippen LogP contribution in [0.5, 0.6) is 5.75 Å². The van der Waals surface area contributed by atoms with Crippen LogP contribution in [0.15, 0.2) is 51.7 Å². The lowest BCUT2D eigenvalue weighted by atomic mass is 10.1. The van der Waals surface area contributed by atoms with Gasteiger partial charge in [-0.05, 0) is 48.4 Å². The second kappa shape index (κ2) is 10.5. The Bertz CT molecular complexity index is 1210. The summed E-state index contributed by atoms with van der Waals surface area (Å²) in [7, 11) is 0. The van der Waals surface area contributed by atoms with E-state index in [1.807, 2.05) is 25.1 Å². The molecule has 178 valence electrons. The van der Waals surface area contributed by atoms with Gasteiger partial charge in [0.1, 0.15) is 5.75 Å². The molecule has 34 heavy (non-hydrogen) atoms. The molecule has 0 aliphatic carbocycles. The van der Waals surface area contributed by atoms with Gasteiger partial charge in [0.2, 0.25) is 5.91 Å². The Balaban J connectivity index is 1.44. The smallest absolute Gasteiger partial charge is 0.257 e. The van der Waals surface area contributed by atoms with Crippen LogP contribution in [0, 0.1) is 6.92 Å². The zero-order valence-corrected chi connectivity index (χ0v) is 20.6. The molecule has 3 aromatic rings. The molecule has 0 saturated carbocycles. The van der Waals surface area contributed by atoms with E-state index in [-0.39, 0.29) is 29.7 Å². The number of aryl methyl sites for hydroxylation is 1. The maximum atomic E-state index is 13.0. The number of carbonyl (C=O) groups is 2. The van der Waals surface area contributed by atoms with Crippen molar-refractivity contribution in [3.05, 3.63) is 59.3 Å². The van der Waals surface area contributed by atoms with Gasteiger partial charge in [0.05, 0.1) is 22.6 Å². The first-order chi connectivity index (χ1) is 16.3. The standard InChI is InChI=1S/C24H26N4O4S2/c1-15-9-17(14-29)11-18(10-15)26-24-25-13-22(34-24)33-19-3-4-21(31)20(12-19)23(32)28-7-5-27(6-8-28)16(2)30/h3-4,9-13,29,31H,5-8,14H2,1-2H3,(H,25,26). The van der Waals surface area contributed by atoms with E-state index in [4.69, 9.17) is 0 Å². The minimum Gasteiger partial charge on any atom is -0.507 e. The third-order valence-corrected chi connectivity index (χ3v) is 7.49. The number of thiazole rings is 1. The molecule has 0 spiro atoms. The van der Waals surface area contributed by atoms with E-state index in [2.05, 4.69) is 10.3 Å². The van der Waals surface area contributed by atoms with E-state index in [0.29, 0.717) is 26.2 Å². The number of nitrogens with one attached hydrogen (secondary N) is 1. The summed E-state index contributed by atoms with van der Waals surface area (Å²) in [6, 6.07) is 10.8. The summed E-state index contributed by atoms with van der Waals surface area (Å²) in [4.78, 5) is 33.2. The van der Waals surface area contributed by atoms with Crippen LogP contribution >= 0.6 is 23.1 Å². The SMILES string of the molecule is CC(=O)N1CCN(C(=O)c2cc(Sc3cnc(Nc4cc(C)cc(CO)c4)s3)ccc2O)CC1. The topological polar surface area (TPSA) is 106 Å². The Morgan fingerprint density at radius 1 is 1.12 bits per heavy atom. The summed E-state index contributed by atoms with van der Waals surface area (Å²) >= 11 is 2.94. The summed E-state index contributed by atoms with van der Waals surface area (Å²) in [5, 5.41) is 23.7. The van der Waals surface area contributed by atoms with Crippen LogP contribution in [0.4, 0.5) is 10.8 Å². The first-order valence-corrected chi connectivity index (χ1v) is 12.5. The highest BCUT2D eigenvalue weighted by Crippen LogP contribution is 2.37. The van der Waals surface area contributed by atoms with Crippen molar-refractivity contribution in [2.45, 2.75) is 29.6 Å². The highest BCUT2D eigenvalue weighted by Gasteiger charge is 2.25. The molecule has 3 N–H and O–H groups in total.